The zero-order valence-corrected chi connectivity index (χ0v) is 15.8. The molecule has 0 atom stereocenters. The molecule has 0 amide bonds. The van der Waals surface area contributed by atoms with Crippen molar-refractivity contribution in [1.82, 2.24) is 4.98 Å². The summed E-state index contributed by atoms with van der Waals surface area (Å²) in [7, 11) is 0. The monoisotopic (exact) mass is 388 g/mol. The highest BCUT2D eigenvalue weighted by Crippen LogP contribution is 2.31. The van der Waals surface area contributed by atoms with E-state index in [1.807, 2.05) is 36.4 Å². The SMILES string of the molecule is Cc1ccc2nc(-c3ccc(/C=C/c4ccc(O)c([N+](=O)[O-])c4)cc3)sc2c1. The summed E-state index contributed by atoms with van der Waals surface area (Å²) in [4.78, 5) is 15.0. The summed E-state index contributed by atoms with van der Waals surface area (Å²) in [6.45, 7) is 2.07. The Morgan fingerprint density at radius 3 is 2.46 bits per heavy atom. The van der Waals surface area contributed by atoms with Crippen molar-refractivity contribution in [2.45, 2.75) is 6.92 Å². The maximum Gasteiger partial charge on any atom is 0.311 e. The Morgan fingerprint density at radius 1 is 1.00 bits per heavy atom. The van der Waals surface area contributed by atoms with Crippen LogP contribution in [0.15, 0.2) is 60.7 Å². The van der Waals surface area contributed by atoms with E-state index in [1.54, 1.807) is 23.5 Å². The number of nitro benzene ring substituents is 1. The number of nitrogens with zero attached hydrogens (tertiary/aromatic N) is 2. The number of hydrogen-bond acceptors (Lipinski definition) is 5. The number of aromatic nitrogens is 1. The van der Waals surface area contributed by atoms with Crippen LogP contribution in [-0.2, 0) is 0 Å². The molecule has 0 aliphatic rings. The Morgan fingerprint density at radius 2 is 1.71 bits per heavy atom. The fourth-order valence-corrected chi connectivity index (χ4v) is 3.94. The maximum atomic E-state index is 10.9. The minimum Gasteiger partial charge on any atom is -0.502 e. The molecule has 5 nitrogen and oxygen atoms in total. The van der Waals surface area contributed by atoms with E-state index < -0.39 is 4.92 Å². The molecule has 4 rings (SSSR count). The lowest BCUT2D eigenvalue weighted by molar-refractivity contribution is -0.385. The van der Waals surface area contributed by atoms with Gasteiger partial charge in [0, 0.05) is 11.6 Å². The number of nitro groups is 1. The first-order chi connectivity index (χ1) is 13.5. The smallest absolute Gasteiger partial charge is 0.311 e. The fourth-order valence-electron chi connectivity index (χ4n) is 2.87. The Balaban J connectivity index is 1.57. The van der Waals surface area contributed by atoms with Crippen molar-refractivity contribution in [3.05, 3.63) is 87.5 Å². The highest BCUT2D eigenvalue weighted by Gasteiger charge is 2.12. The van der Waals surface area contributed by atoms with E-state index in [9.17, 15) is 15.2 Å². The molecule has 0 saturated heterocycles. The van der Waals surface area contributed by atoms with Crippen LogP contribution in [0.4, 0.5) is 5.69 Å². The summed E-state index contributed by atoms with van der Waals surface area (Å²) >= 11 is 1.67. The summed E-state index contributed by atoms with van der Waals surface area (Å²) in [6, 6.07) is 18.6. The summed E-state index contributed by atoms with van der Waals surface area (Å²) in [5.74, 6) is -0.336. The van der Waals surface area contributed by atoms with Crippen molar-refractivity contribution in [2.24, 2.45) is 0 Å². The van der Waals surface area contributed by atoms with Crippen molar-refractivity contribution in [3.8, 4) is 16.3 Å². The van der Waals surface area contributed by atoms with Crippen LogP contribution in [0.1, 0.15) is 16.7 Å². The molecule has 28 heavy (non-hydrogen) atoms. The molecule has 3 aromatic carbocycles. The number of rotatable bonds is 4. The second kappa shape index (κ2) is 7.25. The minimum absolute atomic E-state index is 0.302. The number of thiazole rings is 1. The standard InChI is InChI=1S/C22H16N2O3S/c1-14-2-10-18-21(12-14)28-22(23-18)17-8-5-15(6-9-17)3-4-16-7-11-20(25)19(13-16)24(26)27/h2-13,25H,1H3/b4-3+. The lowest BCUT2D eigenvalue weighted by Crippen LogP contribution is -1.88. The van der Waals surface area contributed by atoms with Gasteiger partial charge in [0.1, 0.15) is 5.01 Å². The molecule has 1 heterocycles. The number of benzene rings is 3. The summed E-state index contributed by atoms with van der Waals surface area (Å²) < 4.78 is 1.17. The predicted molar refractivity (Wildman–Crippen MR) is 113 cm³/mol. The fraction of sp³-hybridized carbons (Fsp3) is 0.0455. The van der Waals surface area contributed by atoms with Gasteiger partial charge in [-0.3, -0.25) is 10.1 Å². The van der Waals surface area contributed by atoms with Crippen molar-refractivity contribution in [2.75, 3.05) is 0 Å². The highest BCUT2D eigenvalue weighted by atomic mass is 32.1. The van der Waals surface area contributed by atoms with E-state index >= 15 is 0 Å². The molecule has 1 aromatic heterocycles. The molecule has 1 N–H and O–H groups in total. The summed E-state index contributed by atoms with van der Waals surface area (Å²) in [5.41, 5.74) is 4.59. The third kappa shape index (κ3) is 3.63. The highest BCUT2D eigenvalue weighted by molar-refractivity contribution is 7.21. The zero-order valence-electron chi connectivity index (χ0n) is 15.0. The van der Waals surface area contributed by atoms with Gasteiger partial charge in [-0.1, -0.05) is 48.6 Å². The van der Waals surface area contributed by atoms with Crippen LogP contribution in [0.3, 0.4) is 0 Å². The number of aryl methyl sites for hydroxylation is 1. The van der Waals surface area contributed by atoms with Gasteiger partial charge in [-0.25, -0.2) is 4.98 Å². The summed E-state index contributed by atoms with van der Waals surface area (Å²) in [5, 5.41) is 21.4. The Hall–Kier alpha value is -3.51. The van der Waals surface area contributed by atoms with Crippen molar-refractivity contribution >= 4 is 39.4 Å². The number of phenolic OH excluding ortho intramolecular Hbond substituents is 1. The molecule has 0 bridgehead atoms. The van der Waals surface area contributed by atoms with Crippen LogP contribution in [0, 0.1) is 17.0 Å². The van der Waals surface area contributed by atoms with Gasteiger partial charge in [-0.2, -0.15) is 0 Å². The summed E-state index contributed by atoms with van der Waals surface area (Å²) in [6.07, 6.45) is 3.66. The molecule has 0 radical (unpaired) electrons. The van der Waals surface area contributed by atoms with E-state index in [-0.39, 0.29) is 11.4 Å². The number of phenols is 1. The predicted octanol–water partition coefficient (Wildman–Crippen LogP) is 6.06. The lowest BCUT2D eigenvalue weighted by Gasteiger charge is -1.99. The van der Waals surface area contributed by atoms with Gasteiger partial charge in [0.25, 0.3) is 0 Å². The average Bonchev–Trinajstić information content (AvgIpc) is 3.10. The first-order valence-electron chi connectivity index (χ1n) is 8.63. The van der Waals surface area contributed by atoms with Crippen molar-refractivity contribution in [3.63, 3.8) is 0 Å². The minimum atomic E-state index is -0.596. The second-order valence-electron chi connectivity index (χ2n) is 6.45. The Bertz CT molecular complexity index is 1210. The van der Waals surface area contributed by atoms with Crippen LogP contribution in [-0.4, -0.2) is 15.0 Å². The second-order valence-corrected chi connectivity index (χ2v) is 7.48. The van der Waals surface area contributed by atoms with Crippen LogP contribution in [0.25, 0.3) is 32.9 Å². The normalized spacial score (nSPS) is 11.3. The van der Waals surface area contributed by atoms with Crippen molar-refractivity contribution < 1.29 is 10.0 Å². The van der Waals surface area contributed by atoms with Gasteiger partial charge in [0.2, 0.25) is 0 Å². The Kier molecular flexibility index (Phi) is 4.63. The van der Waals surface area contributed by atoms with Gasteiger partial charge in [-0.15, -0.1) is 11.3 Å². The molecule has 138 valence electrons. The van der Waals surface area contributed by atoms with Gasteiger partial charge in [0.05, 0.1) is 15.1 Å². The molecular formula is C22H16N2O3S. The van der Waals surface area contributed by atoms with Crippen molar-refractivity contribution in [1.29, 1.82) is 0 Å². The van der Waals surface area contributed by atoms with Gasteiger partial charge in [-0.05, 0) is 41.8 Å². The van der Waals surface area contributed by atoms with Gasteiger partial charge in [0.15, 0.2) is 5.75 Å². The first-order valence-corrected chi connectivity index (χ1v) is 9.44. The number of fused-ring (bicyclic) bond motifs is 1. The van der Waals surface area contributed by atoms with Crippen LogP contribution < -0.4 is 0 Å². The van der Waals surface area contributed by atoms with E-state index in [4.69, 9.17) is 4.98 Å². The van der Waals surface area contributed by atoms with Crippen LogP contribution in [0.2, 0.25) is 0 Å². The van der Waals surface area contributed by atoms with E-state index in [0.29, 0.717) is 5.56 Å². The molecular weight excluding hydrogens is 372 g/mol. The van der Waals surface area contributed by atoms with E-state index in [0.717, 1.165) is 21.7 Å². The topological polar surface area (TPSA) is 76.3 Å². The lowest BCUT2D eigenvalue weighted by atomic mass is 10.1. The van der Waals surface area contributed by atoms with Crippen LogP contribution >= 0.6 is 11.3 Å². The average molecular weight is 388 g/mol. The molecule has 4 aromatic rings. The molecule has 0 aliphatic heterocycles. The van der Waals surface area contributed by atoms with Crippen LogP contribution in [0.5, 0.6) is 5.75 Å². The third-order valence-electron chi connectivity index (χ3n) is 4.37. The van der Waals surface area contributed by atoms with Gasteiger partial charge < -0.3 is 5.11 Å². The molecule has 0 saturated carbocycles. The number of hydrogen-bond donors (Lipinski definition) is 1. The molecule has 0 spiro atoms. The van der Waals surface area contributed by atoms with E-state index in [1.165, 1.54) is 22.4 Å². The van der Waals surface area contributed by atoms with E-state index in [2.05, 4.69) is 19.1 Å². The molecule has 0 unspecified atom stereocenters. The molecule has 0 aliphatic carbocycles. The first kappa shape index (κ1) is 17.9. The quantitative estimate of drug-likeness (QED) is 0.262. The van der Waals surface area contributed by atoms with Gasteiger partial charge >= 0.3 is 5.69 Å². The zero-order chi connectivity index (χ0) is 19.7. The Labute approximate surface area is 165 Å². The number of aromatic hydroxyl groups is 1. The molecule has 0 fully saturated rings. The molecule has 6 heteroatoms. The maximum absolute atomic E-state index is 10.9. The third-order valence-corrected chi connectivity index (χ3v) is 5.43. The largest absolute Gasteiger partial charge is 0.502 e.